The van der Waals surface area contributed by atoms with Gasteiger partial charge < -0.3 is 10.1 Å². The fourth-order valence-electron chi connectivity index (χ4n) is 4.27. The Morgan fingerprint density at radius 1 is 1.14 bits per heavy atom. The van der Waals surface area contributed by atoms with E-state index in [2.05, 4.69) is 35.0 Å². The van der Waals surface area contributed by atoms with Crippen molar-refractivity contribution in [1.82, 2.24) is 24.3 Å². The molecule has 1 N–H and O–H groups in total. The van der Waals surface area contributed by atoms with Gasteiger partial charge in [0.25, 0.3) is 6.43 Å². The van der Waals surface area contributed by atoms with Crippen molar-refractivity contribution in [2.45, 2.75) is 66.4 Å². The summed E-state index contributed by atoms with van der Waals surface area (Å²) < 4.78 is 36.0. The van der Waals surface area contributed by atoms with Crippen molar-refractivity contribution in [2.24, 2.45) is 4.99 Å². The van der Waals surface area contributed by atoms with Gasteiger partial charge >= 0.3 is 0 Å². The molecule has 3 aromatic heterocycles. The first-order valence-electron chi connectivity index (χ1n) is 13.8. The number of anilines is 1. The van der Waals surface area contributed by atoms with Gasteiger partial charge in [0.1, 0.15) is 18.0 Å². The van der Waals surface area contributed by atoms with E-state index in [0.29, 0.717) is 17.5 Å². The third-order valence-corrected chi connectivity index (χ3v) is 6.64. The van der Waals surface area contributed by atoms with Crippen LogP contribution < -0.4 is 10.1 Å². The van der Waals surface area contributed by atoms with Crippen LogP contribution in [0.25, 0.3) is 22.7 Å². The number of hydrogen-bond donors (Lipinski definition) is 1. The van der Waals surface area contributed by atoms with Gasteiger partial charge in [0.05, 0.1) is 16.7 Å². The Labute approximate surface area is 245 Å². The van der Waals surface area contributed by atoms with Gasteiger partial charge in [0.15, 0.2) is 17.7 Å². The smallest absolute Gasteiger partial charge is 0.274 e. The number of ether oxygens (including phenoxy) is 1. The van der Waals surface area contributed by atoms with Crippen molar-refractivity contribution >= 4 is 23.4 Å². The molecule has 0 fully saturated rings. The van der Waals surface area contributed by atoms with E-state index in [1.165, 1.54) is 6.92 Å². The number of hydrogen-bond acceptors (Lipinski definition) is 6. The number of alkyl halides is 2. The lowest BCUT2D eigenvalue weighted by Crippen LogP contribution is -2.22. The van der Waals surface area contributed by atoms with Crippen LogP contribution in [0.5, 0.6) is 5.75 Å². The maximum absolute atomic E-state index is 13.4. The number of nitrogens with one attached hydrogen (secondary N) is 1. The molecule has 0 aliphatic rings. The number of aromatic nitrogens is 5. The van der Waals surface area contributed by atoms with Crippen molar-refractivity contribution in [3.05, 3.63) is 89.8 Å². The zero-order valence-electron chi connectivity index (χ0n) is 24.8. The molecule has 1 aromatic carbocycles. The van der Waals surface area contributed by atoms with Crippen LogP contribution >= 0.6 is 0 Å². The lowest BCUT2D eigenvalue weighted by molar-refractivity contribution is 0.0223. The van der Waals surface area contributed by atoms with E-state index in [9.17, 15) is 8.78 Å². The molecule has 2 atom stereocenters. The average molecular weight is 574 g/mol. The minimum absolute atomic E-state index is 0.169. The summed E-state index contributed by atoms with van der Waals surface area (Å²) in [6.07, 6.45) is 6.45. The fourth-order valence-corrected chi connectivity index (χ4v) is 4.27. The normalized spacial score (nSPS) is 13.5. The highest BCUT2D eigenvalue weighted by molar-refractivity contribution is 5.81. The largest absolute Gasteiger partial charge is 0.481 e. The maximum atomic E-state index is 13.4. The summed E-state index contributed by atoms with van der Waals surface area (Å²) in [5.74, 6) is 1.87. The van der Waals surface area contributed by atoms with Crippen molar-refractivity contribution in [2.75, 3.05) is 5.32 Å². The number of rotatable bonds is 12. The summed E-state index contributed by atoms with van der Waals surface area (Å²) in [4.78, 5) is 13.5. The van der Waals surface area contributed by atoms with E-state index in [0.717, 1.165) is 40.1 Å². The van der Waals surface area contributed by atoms with Gasteiger partial charge in [-0.1, -0.05) is 30.7 Å². The van der Waals surface area contributed by atoms with Crippen molar-refractivity contribution < 1.29 is 13.5 Å². The van der Waals surface area contributed by atoms with Crippen LogP contribution in [0, 0.1) is 6.92 Å². The monoisotopic (exact) mass is 573 g/mol. The Balaban J connectivity index is 1.75. The van der Waals surface area contributed by atoms with Gasteiger partial charge in [-0.2, -0.15) is 5.10 Å². The predicted molar refractivity (Wildman–Crippen MR) is 165 cm³/mol. The standard InChI is InChI=1S/C32H37F2N7O/c1-8-9-10-21(4)25-17-22(5)41(39-25)32-28(42-23(6)31(33)34)14-16-30(38-32)40-19-36-26-18-24(12-13-27(26)40)37-29(35-7)15-11-20(2)3/h8-9,11-19,21,23,31,37H,7,10H2,1-6H3/b9-8-,29-15+. The third-order valence-electron chi connectivity index (χ3n) is 6.64. The van der Waals surface area contributed by atoms with Crippen LogP contribution in [0.1, 0.15) is 58.3 Å². The van der Waals surface area contributed by atoms with Crippen LogP contribution in [0.3, 0.4) is 0 Å². The van der Waals surface area contributed by atoms with Gasteiger partial charge in [-0.15, -0.1) is 0 Å². The Bertz CT molecular complexity index is 1640. The lowest BCUT2D eigenvalue weighted by Gasteiger charge is -2.18. The first-order chi connectivity index (χ1) is 20.1. The molecule has 4 rings (SSSR count). The van der Waals surface area contributed by atoms with E-state index < -0.39 is 12.5 Å². The quantitative estimate of drug-likeness (QED) is 0.106. The molecule has 0 bridgehead atoms. The van der Waals surface area contributed by atoms with Crippen LogP contribution in [0.4, 0.5) is 14.5 Å². The summed E-state index contributed by atoms with van der Waals surface area (Å²) in [5, 5.41) is 8.05. The molecule has 10 heteroatoms. The lowest BCUT2D eigenvalue weighted by atomic mass is 10.0. The summed E-state index contributed by atoms with van der Waals surface area (Å²) in [6, 6.07) is 11.1. The molecule has 0 saturated heterocycles. The molecule has 0 spiro atoms. The van der Waals surface area contributed by atoms with E-state index in [1.54, 1.807) is 23.1 Å². The molecular formula is C32H37F2N7O. The van der Waals surface area contributed by atoms with E-state index in [1.807, 2.05) is 74.8 Å². The molecule has 0 radical (unpaired) electrons. The fraction of sp³-hybridized carbons (Fsp3) is 0.312. The second-order valence-electron chi connectivity index (χ2n) is 10.4. The molecule has 4 aromatic rings. The molecular weight excluding hydrogens is 536 g/mol. The topological polar surface area (TPSA) is 82.1 Å². The summed E-state index contributed by atoms with van der Waals surface area (Å²) in [7, 11) is 0. The summed E-state index contributed by atoms with van der Waals surface area (Å²) in [5.41, 5.74) is 5.19. The number of nitrogens with zero attached hydrogens (tertiary/aromatic N) is 6. The van der Waals surface area contributed by atoms with Crippen LogP contribution in [0.15, 0.2) is 83.4 Å². The zero-order chi connectivity index (χ0) is 30.4. The van der Waals surface area contributed by atoms with Gasteiger partial charge in [-0.05, 0) is 90.2 Å². The average Bonchev–Trinajstić information content (AvgIpc) is 3.57. The zero-order valence-corrected chi connectivity index (χ0v) is 24.8. The first-order valence-corrected chi connectivity index (χ1v) is 13.8. The van der Waals surface area contributed by atoms with Gasteiger partial charge in [-0.3, -0.25) is 4.57 Å². The minimum Gasteiger partial charge on any atom is -0.481 e. The van der Waals surface area contributed by atoms with E-state index in [4.69, 9.17) is 14.8 Å². The van der Waals surface area contributed by atoms with E-state index >= 15 is 0 Å². The van der Waals surface area contributed by atoms with E-state index in [-0.39, 0.29) is 11.7 Å². The Morgan fingerprint density at radius 2 is 1.93 bits per heavy atom. The van der Waals surface area contributed by atoms with Crippen molar-refractivity contribution in [3.63, 3.8) is 0 Å². The Hall–Kier alpha value is -4.60. The Kier molecular flexibility index (Phi) is 9.67. The second-order valence-corrected chi connectivity index (χ2v) is 10.4. The number of pyridine rings is 1. The number of benzene rings is 1. The predicted octanol–water partition coefficient (Wildman–Crippen LogP) is 7.94. The van der Waals surface area contributed by atoms with Crippen LogP contribution in [0.2, 0.25) is 0 Å². The number of aliphatic imine (C=N–C) groups is 1. The van der Waals surface area contributed by atoms with Gasteiger partial charge in [-0.25, -0.2) is 28.4 Å². The molecule has 220 valence electrons. The number of allylic oxidation sites excluding steroid dienone is 5. The number of halogens is 2. The van der Waals surface area contributed by atoms with Crippen molar-refractivity contribution in [3.8, 4) is 17.4 Å². The highest BCUT2D eigenvalue weighted by Crippen LogP contribution is 2.30. The highest BCUT2D eigenvalue weighted by Gasteiger charge is 2.22. The Morgan fingerprint density at radius 3 is 2.62 bits per heavy atom. The van der Waals surface area contributed by atoms with Crippen LogP contribution in [-0.2, 0) is 0 Å². The molecule has 0 aliphatic heterocycles. The first kappa shape index (κ1) is 30.4. The summed E-state index contributed by atoms with van der Waals surface area (Å²) in [6.45, 7) is 15.0. The molecule has 3 heterocycles. The number of imidazole rings is 1. The molecule has 2 unspecified atom stereocenters. The molecule has 0 amide bonds. The van der Waals surface area contributed by atoms with Crippen LogP contribution in [-0.4, -0.2) is 43.6 Å². The third kappa shape index (κ3) is 6.99. The molecule has 0 saturated carbocycles. The molecule has 0 aliphatic carbocycles. The minimum atomic E-state index is -2.65. The molecule has 8 nitrogen and oxygen atoms in total. The SMILES string of the molecule is C=N/C(=C\C=C(C)C)Nc1ccc2c(c1)ncn2-c1ccc(OC(C)C(F)F)c(-n2nc(C(C)C/C=C\C)cc2C)n1. The number of fused-ring (bicyclic) bond motifs is 1. The summed E-state index contributed by atoms with van der Waals surface area (Å²) >= 11 is 0. The number of aryl methyl sites for hydroxylation is 1. The van der Waals surface area contributed by atoms with Crippen molar-refractivity contribution in [1.29, 1.82) is 0 Å². The van der Waals surface area contributed by atoms with Gasteiger partial charge in [0.2, 0.25) is 0 Å². The molecule has 42 heavy (non-hydrogen) atoms. The van der Waals surface area contributed by atoms with Gasteiger partial charge in [0, 0.05) is 17.3 Å². The maximum Gasteiger partial charge on any atom is 0.274 e. The second kappa shape index (κ2) is 13.4. The highest BCUT2D eigenvalue weighted by atomic mass is 19.3.